The van der Waals surface area contributed by atoms with E-state index in [1.54, 1.807) is 47.3 Å². The fourth-order valence-electron chi connectivity index (χ4n) is 3.40. The molecule has 0 bridgehead atoms. The highest BCUT2D eigenvalue weighted by Gasteiger charge is 2.16. The normalized spacial score (nSPS) is 15.2. The second-order valence-corrected chi connectivity index (χ2v) is 7.97. The van der Waals surface area contributed by atoms with Crippen molar-refractivity contribution in [2.24, 2.45) is 0 Å². The summed E-state index contributed by atoms with van der Waals surface area (Å²) in [5.41, 5.74) is 1.20. The molecule has 1 aromatic heterocycles. The van der Waals surface area contributed by atoms with E-state index in [4.69, 9.17) is 25.8 Å². The summed E-state index contributed by atoms with van der Waals surface area (Å²) in [6.07, 6.45) is 3.73. The van der Waals surface area contributed by atoms with Gasteiger partial charge < -0.3 is 19.5 Å². The maximum Gasteiger partial charge on any atom is 0.338 e. The molecule has 0 saturated carbocycles. The Morgan fingerprint density at radius 3 is 2.73 bits per heavy atom. The Kier molecular flexibility index (Phi) is 7.59. The summed E-state index contributed by atoms with van der Waals surface area (Å²) in [7, 11) is 0. The third kappa shape index (κ3) is 6.34. The van der Waals surface area contributed by atoms with Crippen molar-refractivity contribution in [1.29, 1.82) is 0 Å². The van der Waals surface area contributed by atoms with E-state index in [-0.39, 0.29) is 6.10 Å². The molecule has 0 aliphatic carbocycles. The summed E-state index contributed by atoms with van der Waals surface area (Å²) in [4.78, 5) is 24.6. The number of carbonyl (C=O) groups excluding carboxylic acids is 2. The Morgan fingerprint density at radius 1 is 1.15 bits per heavy atom. The fraction of sp³-hybridized carbons (Fsp3) is 0.292. The van der Waals surface area contributed by atoms with E-state index in [0.29, 0.717) is 35.3 Å². The summed E-state index contributed by atoms with van der Waals surface area (Å²) in [5.74, 6) is 0.0523. The number of nitrogens with zero attached hydrogens (tertiary/aromatic N) is 2. The number of halogens is 1. The van der Waals surface area contributed by atoms with E-state index < -0.39 is 18.5 Å². The lowest BCUT2D eigenvalue weighted by molar-refractivity contribution is -0.119. The van der Waals surface area contributed by atoms with Gasteiger partial charge in [-0.15, -0.1) is 0 Å². The van der Waals surface area contributed by atoms with Gasteiger partial charge in [0.2, 0.25) is 0 Å². The number of hydrogen-bond donors (Lipinski definition) is 1. The van der Waals surface area contributed by atoms with Gasteiger partial charge in [-0.1, -0.05) is 29.8 Å². The minimum absolute atomic E-state index is 0.120. The minimum Gasteiger partial charge on any atom is -0.491 e. The van der Waals surface area contributed by atoms with Gasteiger partial charge >= 0.3 is 5.97 Å². The maximum absolute atomic E-state index is 12.3. The zero-order valence-corrected chi connectivity index (χ0v) is 18.7. The van der Waals surface area contributed by atoms with Crippen LogP contribution in [0.2, 0.25) is 5.02 Å². The van der Waals surface area contributed by atoms with Gasteiger partial charge in [0.05, 0.1) is 24.4 Å². The second-order valence-electron chi connectivity index (χ2n) is 7.56. The quantitative estimate of drug-likeness (QED) is 0.477. The minimum atomic E-state index is -0.597. The zero-order chi connectivity index (χ0) is 23.0. The van der Waals surface area contributed by atoms with E-state index in [9.17, 15) is 9.59 Å². The number of carbonyl (C=O) groups is 2. The van der Waals surface area contributed by atoms with E-state index in [1.807, 2.05) is 18.2 Å². The monoisotopic (exact) mass is 469 g/mol. The number of ether oxygens (including phenoxy) is 3. The molecule has 8 nitrogen and oxygen atoms in total. The number of nitrogens with one attached hydrogen (secondary N) is 1. The highest BCUT2D eigenvalue weighted by Crippen LogP contribution is 2.19. The number of rotatable bonds is 9. The topological polar surface area (TPSA) is 91.7 Å². The molecular formula is C24H24ClN3O5. The number of hydrogen-bond acceptors (Lipinski definition) is 6. The molecule has 2 aromatic carbocycles. The van der Waals surface area contributed by atoms with Gasteiger partial charge in [0, 0.05) is 17.7 Å². The van der Waals surface area contributed by atoms with Crippen LogP contribution in [-0.2, 0) is 20.8 Å². The van der Waals surface area contributed by atoms with Crippen LogP contribution in [0.1, 0.15) is 28.8 Å². The predicted octanol–water partition coefficient (Wildman–Crippen LogP) is 3.94. The molecule has 1 aliphatic heterocycles. The lowest BCUT2D eigenvalue weighted by Gasteiger charge is -2.12. The second kappa shape index (κ2) is 11.0. The molecule has 1 N–H and O–H groups in total. The molecule has 3 aromatic rings. The Bertz CT molecular complexity index is 1090. The van der Waals surface area contributed by atoms with Crippen LogP contribution in [-0.4, -0.2) is 47.6 Å². The molecular weight excluding hydrogens is 446 g/mol. The van der Waals surface area contributed by atoms with Crippen LogP contribution in [0.15, 0.2) is 60.8 Å². The van der Waals surface area contributed by atoms with Crippen molar-refractivity contribution in [2.45, 2.75) is 25.5 Å². The van der Waals surface area contributed by atoms with Crippen molar-refractivity contribution in [3.05, 3.63) is 76.9 Å². The van der Waals surface area contributed by atoms with Gasteiger partial charge in [0.25, 0.3) is 5.91 Å². The predicted molar refractivity (Wildman–Crippen MR) is 123 cm³/mol. The SMILES string of the molecule is O=C(COC(=O)c1ccc(OCC2CCCO2)cc1)Nc1ccnn1Cc1ccccc1Cl. The maximum atomic E-state index is 12.3. The van der Waals surface area contributed by atoms with Gasteiger partial charge in [0.15, 0.2) is 6.61 Å². The highest BCUT2D eigenvalue weighted by atomic mass is 35.5. The largest absolute Gasteiger partial charge is 0.491 e. The first-order valence-corrected chi connectivity index (χ1v) is 11.0. The van der Waals surface area contributed by atoms with Crippen molar-refractivity contribution >= 4 is 29.3 Å². The van der Waals surface area contributed by atoms with Crippen LogP contribution < -0.4 is 10.1 Å². The molecule has 172 valence electrons. The summed E-state index contributed by atoms with van der Waals surface area (Å²) < 4.78 is 17.9. The van der Waals surface area contributed by atoms with E-state index >= 15 is 0 Å². The third-order valence-corrected chi connectivity index (χ3v) is 5.51. The van der Waals surface area contributed by atoms with Crippen LogP contribution >= 0.6 is 11.6 Å². The highest BCUT2D eigenvalue weighted by molar-refractivity contribution is 6.31. The zero-order valence-electron chi connectivity index (χ0n) is 17.9. The Hall–Kier alpha value is -3.36. The van der Waals surface area contributed by atoms with Gasteiger partial charge in [-0.2, -0.15) is 5.10 Å². The summed E-state index contributed by atoms with van der Waals surface area (Å²) in [5, 5.41) is 7.53. The molecule has 1 atom stereocenters. The molecule has 33 heavy (non-hydrogen) atoms. The summed E-state index contributed by atoms with van der Waals surface area (Å²) >= 11 is 6.20. The third-order valence-electron chi connectivity index (χ3n) is 5.15. The molecule has 9 heteroatoms. The van der Waals surface area contributed by atoms with Gasteiger partial charge in [-0.05, 0) is 48.7 Å². The van der Waals surface area contributed by atoms with E-state index in [2.05, 4.69) is 10.4 Å². The molecule has 4 rings (SSSR count). The van der Waals surface area contributed by atoms with Crippen molar-refractivity contribution in [1.82, 2.24) is 9.78 Å². The van der Waals surface area contributed by atoms with Crippen molar-refractivity contribution in [3.63, 3.8) is 0 Å². The van der Waals surface area contributed by atoms with Crippen molar-refractivity contribution < 1.29 is 23.8 Å². The molecule has 1 unspecified atom stereocenters. The molecule has 1 fully saturated rings. The standard InChI is InChI=1S/C24H24ClN3O5/c25-21-6-2-1-4-18(21)14-28-22(11-12-26-28)27-23(29)16-33-24(30)17-7-9-19(10-8-17)32-15-20-5-3-13-31-20/h1-2,4,6-12,20H,3,5,13-16H2,(H,27,29). The van der Waals surface area contributed by atoms with Crippen LogP contribution in [0.4, 0.5) is 5.82 Å². The van der Waals surface area contributed by atoms with Gasteiger partial charge in [-0.25, -0.2) is 9.48 Å². The first-order chi connectivity index (χ1) is 16.1. The van der Waals surface area contributed by atoms with Crippen molar-refractivity contribution in [2.75, 3.05) is 25.1 Å². The molecule has 1 amide bonds. The van der Waals surface area contributed by atoms with Crippen molar-refractivity contribution in [3.8, 4) is 5.75 Å². The number of amides is 1. The van der Waals surface area contributed by atoms with Gasteiger partial charge in [0.1, 0.15) is 18.2 Å². The Balaban J connectivity index is 1.25. The Labute approximate surface area is 196 Å². The van der Waals surface area contributed by atoms with Crippen LogP contribution in [0, 0.1) is 0 Å². The number of aromatic nitrogens is 2. The molecule has 2 heterocycles. The summed E-state index contributed by atoms with van der Waals surface area (Å²) in [6.45, 7) is 1.23. The first-order valence-electron chi connectivity index (χ1n) is 10.6. The Morgan fingerprint density at radius 2 is 1.97 bits per heavy atom. The lowest BCUT2D eigenvalue weighted by Crippen LogP contribution is -2.22. The number of anilines is 1. The van der Waals surface area contributed by atoms with Crippen LogP contribution in [0.25, 0.3) is 0 Å². The van der Waals surface area contributed by atoms with Gasteiger partial charge in [-0.3, -0.25) is 4.79 Å². The first kappa shape index (κ1) is 22.8. The van der Waals surface area contributed by atoms with E-state index in [0.717, 1.165) is 25.0 Å². The molecule has 0 radical (unpaired) electrons. The van der Waals surface area contributed by atoms with E-state index in [1.165, 1.54) is 0 Å². The molecule has 0 spiro atoms. The number of benzene rings is 2. The summed E-state index contributed by atoms with van der Waals surface area (Å²) in [6, 6.07) is 15.7. The number of esters is 1. The smallest absolute Gasteiger partial charge is 0.338 e. The average molecular weight is 470 g/mol. The fourth-order valence-corrected chi connectivity index (χ4v) is 3.59. The van der Waals surface area contributed by atoms with Crippen LogP contribution in [0.5, 0.6) is 5.75 Å². The molecule has 1 saturated heterocycles. The van der Waals surface area contributed by atoms with Crippen LogP contribution in [0.3, 0.4) is 0 Å². The average Bonchev–Trinajstić information content (AvgIpc) is 3.50. The molecule has 1 aliphatic rings. The lowest BCUT2D eigenvalue weighted by atomic mass is 10.2.